The molecule has 0 fully saturated rings. The van der Waals surface area contributed by atoms with Crippen molar-refractivity contribution < 1.29 is 13.9 Å². The van der Waals surface area contributed by atoms with Crippen molar-refractivity contribution in [3.63, 3.8) is 0 Å². The third-order valence-corrected chi connectivity index (χ3v) is 2.80. The predicted molar refractivity (Wildman–Crippen MR) is 65.6 cm³/mol. The Morgan fingerprint density at radius 3 is 2.62 bits per heavy atom. The number of hydrogen-bond acceptors (Lipinski definition) is 2. The van der Waals surface area contributed by atoms with Gasteiger partial charge in [0.1, 0.15) is 0 Å². The molecule has 0 aliphatic rings. The van der Waals surface area contributed by atoms with Crippen LogP contribution in [0.3, 0.4) is 0 Å². The zero-order chi connectivity index (χ0) is 11.8. The summed E-state index contributed by atoms with van der Waals surface area (Å²) in [6, 6.07) is 5.00. The van der Waals surface area contributed by atoms with Gasteiger partial charge >= 0.3 is 0 Å². The summed E-state index contributed by atoms with van der Waals surface area (Å²) in [6.45, 7) is 1.24. The highest BCUT2D eigenvalue weighted by Crippen LogP contribution is 2.19. The van der Waals surface area contributed by atoms with Crippen molar-refractivity contribution in [2.45, 2.75) is 18.2 Å². The lowest BCUT2D eigenvalue weighted by molar-refractivity contribution is 0.183. The van der Waals surface area contributed by atoms with Crippen molar-refractivity contribution >= 4 is 15.9 Å². The fourth-order valence-electron chi connectivity index (χ4n) is 1.28. The molecule has 0 heterocycles. The van der Waals surface area contributed by atoms with Gasteiger partial charge in [0, 0.05) is 19.0 Å². The molecule has 0 amide bonds. The third-order valence-electron chi connectivity index (χ3n) is 2.15. The molecule has 0 atom stereocenters. The van der Waals surface area contributed by atoms with Crippen LogP contribution in [0.4, 0.5) is 4.39 Å². The van der Waals surface area contributed by atoms with Gasteiger partial charge in [-0.15, -0.1) is 0 Å². The van der Waals surface area contributed by atoms with Crippen LogP contribution in [0.1, 0.15) is 18.4 Å². The molecule has 0 aromatic heterocycles. The van der Waals surface area contributed by atoms with Gasteiger partial charge in [-0.2, -0.15) is 0 Å². The zero-order valence-electron chi connectivity index (χ0n) is 9.34. The molecule has 0 bridgehead atoms. The minimum atomic E-state index is -0.302. The average molecular weight is 291 g/mol. The van der Waals surface area contributed by atoms with Crippen LogP contribution in [0.15, 0.2) is 18.2 Å². The Morgan fingerprint density at radius 1 is 1.25 bits per heavy atom. The van der Waals surface area contributed by atoms with Crippen molar-refractivity contribution in [1.29, 1.82) is 0 Å². The number of ether oxygens (including phenoxy) is 2. The molecule has 90 valence electrons. The Balaban J connectivity index is 2.36. The van der Waals surface area contributed by atoms with Crippen LogP contribution < -0.4 is 4.74 Å². The molecule has 0 unspecified atom stereocenters. The molecule has 0 aliphatic carbocycles. The van der Waals surface area contributed by atoms with Gasteiger partial charge in [-0.25, -0.2) is 4.39 Å². The van der Waals surface area contributed by atoms with Gasteiger partial charge in [0.15, 0.2) is 11.6 Å². The van der Waals surface area contributed by atoms with Gasteiger partial charge in [0.25, 0.3) is 0 Å². The number of methoxy groups -OCH3 is 1. The molecule has 16 heavy (non-hydrogen) atoms. The fourth-order valence-corrected chi connectivity index (χ4v) is 1.62. The Morgan fingerprint density at radius 2 is 2.00 bits per heavy atom. The quantitative estimate of drug-likeness (QED) is 0.565. The Hall–Kier alpha value is -0.610. The van der Waals surface area contributed by atoms with E-state index in [2.05, 4.69) is 15.9 Å². The number of hydrogen-bond donors (Lipinski definition) is 0. The van der Waals surface area contributed by atoms with Crippen molar-refractivity contribution in [2.24, 2.45) is 0 Å². The summed E-state index contributed by atoms with van der Waals surface area (Å²) in [6.07, 6.45) is 1.80. The highest BCUT2D eigenvalue weighted by atomic mass is 79.9. The van der Waals surface area contributed by atoms with E-state index in [0.29, 0.717) is 24.3 Å². The summed E-state index contributed by atoms with van der Waals surface area (Å²) in [4.78, 5) is 0. The SMILES string of the molecule is COCCCCOc1ccc(CBr)cc1F. The summed E-state index contributed by atoms with van der Waals surface area (Å²) in [5.41, 5.74) is 0.907. The first kappa shape index (κ1) is 13.5. The van der Waals surface area contributed by atoms with E-state index in [4.69, 9.17) is 9.47 Å². The molecule has 0 saturated carbocycles. The molecule has 0 spiro atoms. The monoisotopic (exact) mass is 290 g/mol. The summed E-state index contributed by atoms with van der Waals surface area (Å²) >= 11 is 3.28. The van der Waals surface area contributed by atoms with E-state index >= 15 is 0 Å². The maximum absolute atomic E-state index is 13.4. The first-order valence-corrected chi connectivity index (χ1v) is 6.36. The maximum atomic E-state index is 13.4. The fraction of sp³-hybridized carbons (Fsp3) is 0.500. The van der Waals surface area contributed by atoms with Crippen molar-refractivity contribution in [3.05, 3.63) is 29.6 Å². The van der Waals surface area contributed by atoms with Gasteiger partial charge < -0.3 is 9.47 Å². The summed E-state index contributed by atoms with van der Waals surface area (Å²) in [5.74, 6) is 0.0193. The lowest BCUT2D eigenvalue weighted by atomic mass is 10.2. The van der Waals surface area contributed by atoms with Crippen LogP contribution >= 0.6 is 15.9 Å². The Kier molecular flexibility index (Phi) is 6.42. The molecular weight excluding hydrogens is 275 g/mol. The van der Waals surface area contributed by atoms with E-state index < -0.39 is 0 Å². The lowest BCUT2D eigenvalue weighted by Crippen LogP contribution is -2.01. The van der Waals surface area contributed by atoms with Crippen molar-refractivity contribution in [3.8, 4) is 5.75 Å². The summed E-state index contributed by atoms with van der Waals surface area (Å²) < 4.78 is 23.7. The number of halogens is 2. The summed E-state index contributed by atoms with van der Waals surface area (Å²) in [7, 11) is 1.67. The Bertz CT molecular complexity index is 318. The van der Waals surface area contributed by atoms with E-state index in [0.717, 1.165) is 18.4 Å². The molecule has 0 saturated heterocycles. The standard InChI is InChI=1S/C12H16BrFO2/c1-15-6-2-3-7-16-12-5-4-10(9-13)8-11(12)14/h4-5,8H,2-3,6-7,9H2,1H3. The predicted octanol–water partition coefficient (Wildman–Crippen LogP) is 3.53. The van der Waals surface area contributed by atoms with E-state index in [-0.39, 0.29) is 5.82 Å². The van der Waals surface area contributed by atoms with E-state index in [1.165, 1.54) is 6.07 Å². The van der Waals surface area contributed by atoms with Gasteiger partial charge in [0.05, 0.1) is 6.61 Å². The minimum absolute atomic E-state index is 0.302. The lowest BCUT2D eigenvalue weighted by Gasteiger charge is -2.07. The first-order valence-electron chi connectivity index (χ1n) is 5.24. The van der Waals surface area contributed by atoms with E-state index in [1.54, 1.807) is 13.2 Å². The van der Waals surface area contributed by atoms with Crippen LogP contribution in [0, 0.1) is 5.82 Å². The van der Waals surface area contributed by atoms with Gasteiger partial charge in [0.2, 0.25) is 0 Å². The normalized spacial score (nSPS) is 10.4. The topological polar surface area (TPSA) is 18.5 Å². The second-order valence-electron chi connectivity index (χ2n) is 3.45. The molecular formula is C12H16BrFO2. The highest BCUT2D eigenvalue weighted by Gasteiger charge is 2.03. The molecule has 0 aliphatic heterocycles. The maximum Gasteiger partial charge on any atom is 0.165 e. The molecule has 2 nitrogen and oxygen atoms in total. The molecule has 4 heteroatoms. The van der Waals surface area contributed by atoms with Crippen LogP contribution in [0.5, 0.6) is 5.75 Å². The average Bonchev–Trinajstić information content (AvgIpc) is 2.30. The number of unbranched alkanes of at least 4 members (excludes halogenated alkanes) is 1. The van der Waals surface area contributed by atoms with Gasteiger partial charge in [-0.1, -0.05) is 22.0 Å². The molecule has 0 N–H and O–H groups in total. The smallest absolute Gasteiger partial charge is 0.165 e. The molecule has 1 aromatic rings. The van der Waals surface area contributed by atoms with Crippen LogP contribution in [-0.2, 0) is 10.1 Å². The minimum Gasteiger partial charge on any atom is -0.491 e. The van der Waals surface area contributed by atoms with Gasteiger partial charge in [-0.05, 0) is 30.5 Å². The second kappa shape index (κ2) is 7.63. The first-order chi connectivity index (χ1) is 7.77. The van der Waals surface area contributed by atoms with Crippen LogP contribution in [0.25, 0.3) is 0 Å². The highest BCUT2D eigenvalue weighted by molar-refractivity contribution is 9.08. The molecule has 1 rings (SSSR count). The van der Waals surface area contributed by atoms with Crippen molar-refractivity contribution in [2.75, 3.05) is 20.3 Å². The van der Waals surface area contributed by atoms with E-state index in [9.17, 15) is 4.39 Å². The number of alkyl halides is 1. The second-order valence-corrected chi connectivity index (χ2v) is 4.01. The largest absolute Gasteiger partial charge is 0.491 e. The molecule has 1 aromatic carbocycles. The Labute approximate surface area is 104 Å². The van der Waals surface area contributed by atoms with Crippen molar-refractivity contribution in [1.82, 2.24) is 0 Å². The van der Waals surface area contributed by atoms with E-state index in [1.807, 2.05) is 6.07 Å². The number of benzene rings is 1. The third kappa shape index (κ3) is 4.49. The number of rotatable bonds is 7. The zero-order valence-corrected chi connectivity index (χ0v) is 10.9. The van der Waals surface area contributed by atoms with Crippen LogP contribution in [-0.4, -0.2) is 20.3 Å². The van der Waals surface area contributed by atoms with Gasteiger partial charge in [-0.3, -0.25) is 0 Å². The van der Waals surface area contributed by atoms with Crippen LogP contribution in [0.2, 0.25) is 0 Å². The molecule has 0 radical (unpaired) electrons. The summed E-state index contributed by atoms with van der Waals surface area (Å²) in [5, 5.41) is 0.651.